The third kappa shape index (κ3) is 2.34. The van der Waals surface area contributed by atoms with E-state index in [1.165, 1.54) is 0 Å². The Hall–Kier alpha value is -3.59. The van der Waals surface area contributed by atoms with Crippen molar-refractivity contribution >= 4 is 24.9 Å². The molecule has 0 saturated carbocycles. The van der Waals surface area contributed by atoms with E-state index in [1.807, 2.05) is 0 Å². The van der Waals surface area contributed by atoms with Crippen molar-refractivity contribution in [3.05, 3.63) is 70.8 Å². The summed E-state index contributed by atoms with van der Waals surface area (Å²) >= 11 is 0. The number of hydrogen-bond donors (Lipinski definition) is 2. The third-order valence-corrected chi connectivity index (χ3v) is 4.11. The van der Waals surface area contributed by atoms with Gasteiger partial charge in [-0.1, -0.05) is 41.9 Å². The Labute approximate surface area is 144 Å². The molecule has 0 atom stereocenters. The summed E-state index contributed by atoms with van der Waals surface area (Å²) in [5.41, 5.74) is 3.91. The molecule has 2 aromatic carbocycles. The van der Waals surface area contributed by atoms with Gasteiger partial charge in [-0.2, -0.15) is 5.26 Å². The van der Waals surface area contributed by atoms with Gasteiger partial charge in [0.25, 0.3) is 5.91 Å². The molecule has 3 aromatic rings. The van der Waals surface area contributed by atoms with Crippen LogP contribution in [0.5, 0.6) is 5.88 Å². The van der Waals surface area contributed by atoms with E-state index in [-0.39, 0.29) is 5.88 Å². The molecule has 0 saturated heterocycles. The molecule has 1 aliphatic heterocycles. The van der Waals surface area contributed by atoms with Gasteiger partial charge in [-0.15, -0.1) is 0 Å². The molecule has 2 heterocycles. The molecule has 2 N–H and O–H groups in total. The number of aromatic amines is 1. The Morgan fingerprint density at radius 2 is 1.84 bits per heavy atom. The van der Waals surface area contributed by atoms with E-state index in [0.717, 1.165) is 0 Å². The summed E-state index contributed by atoms with van der Waals surface area (Å²) in [6, 6.07) is 15.8. The lowest BCUT2D eigenvalue weighted by Crippen LogP contribution is -2.05. The highest BCUT2D eigenvalue weighted by atomic mass is 16.3. The average molecular weight is 323 g/mol. The van der Waals surface area contributed by atoms with E-state index < -0.39 is 5.91 Å². The van der Waals surface area contributed by atoms with Crippen LogP contribution in [0.2, 0.25) is 0 Å². The topological polar surface area (TPSA) is 89.2 Å². The number of carbonyl (C=O) groups is 1. The van der Waals surface area contributed by atoms with E-state index in [1.54, 1.807) is 48.5 Å². The predicted molar refractivity (Wildman–Crippen MR) is 94.4 cm³/mol. The molecule has 25 heavy (non-hydrogen) atoms. The first-order chi connectivity index (χ1) is 12.1. The number of fused-ring (bicyclic) bond motifs is 1. The Morgan fingerprint density at radius 3 is 2.56 bits per heavy atom. The molecule has 4 rings (SSSR count). The van der Waals surface area contributed by atoms with Gasteiger partial charge in [0.2, 0.25) is 0 Å². The molecule has 6 heteroatoms. The number of aromatic nitrogens is 1. The third-order valence-electron chi connectivity index (χ3n) is 4.11. The van der Waals surface area contributed by atoms with Crippen LogP contribution >= 0.6 is 0 Å². The first kappa shape index (κ1) is 15.0. The monoisotopic (exact) mass is 323 g/mol. The van der Waals surface area contributed by atoms with Crippen molar-refractivity contribution < 1.29 is 9.90 Å². The molecule has 1 aromatic heterocycles. The molecule has 0 bridgehead atoms. The van der Waals surface area contributed by atoms with Crippen LogP contribution in [-0.2, 0) is 0 Å². The number of nitriles is 1. The zero-order chi connectivity index (χ0) is 17.6. The normalized spacial score (nSPS) is 12.6. The molecule has 0 spiro atoms. The zero-order valence-electron chi connectivity index (χ0n) is 12.9. The van der Waals surface area contributed by atoms with Crippen molar-refractivity contribution in [1.82, 2.24) is 4.98 Å². The summed E-state index contributed by atoms with van der Waals surface area (Å²) in [7, 11) is 5.70. The maximum absolute atomic E-state index is 12.5. The van der Waals surface area contributed by atoms with E-state index in [4.69, 9.17) is 13.1 Å². The number of nitrogens with one attached hydrogen (secondary N) is 1. The highest BCUT2D eigenvalue weighted by molar-refractivity contribution is 6.33. The highest BCUT2D eigenvalue weighted by Crippen LogP contribution is 2.37. The van der Waals surface area contributed by atoms with Crippen LogP contribution in [0.1, 0.15) is 27.0 Å². The van der Waals surface area contributed by atoms with Crippen molar-refractivity contribution in [2.24, 2.45) is 4.99 Å². The standard InChI is InChI=1S/C19H10BN3O2/c20-13-6-4-11(5-7-13)16-14-15(19(25)22-16)17(23-18(14)24)12-3-1-2-10(8-12)9-21/h1-8,23-24H. The van der Waals surface area contributed by atoms with E-state index in [9.17, 15) is 9.90 Å². The minimum atomic E-state index is -0.435. The molecule has 5 nitrogen and oxygen atoms in total. The number of aromatic hydroxyl groups is 1. The van der Waals surface area contributed by atoms with Gasteiger partial charge in [0, 0.05) is 11.1 Å². The van der Waals surface area contributed by atoms with Crippen LogP contribution in [0.4, 0.5) is 0 Å². The minimum Gasteiger partial charge on any atom is -0.494 e. The fraction of sp³-hybridized carbons (Fsp3) is 0. The maximum Gasteiger partial charge on any atom is 0.280 e. The van der Waals surface area contributed by atoms with Gasteiger partial charge in [0.05, 0.1) is 34.2 Å². The van der Waals surface area contributed by atoms with Gasteiger partial charge < -0.3 is 10.1 Å². The number of amides is 1. The van der Waals surface area contributed by atoms with Gasteiger partial charge >= 0.3 is 0 Å². The zero-order valence-corrected chi connectivity index (χ0v) is 12.9. The van der Waals surface area contributed by atoms with Gasteiger partial charge in [-0.25, -0.2) is 4.99 Å². The second-order valence-electron chi connectivity index (χ2n) is 5.68. The van der Waals surface area contributed by atoms with Crippen LogP contribution in [-0.4, -0.2) is 29.6 Å². The number of carbonyl (C=O) groups excluding carboxylic acids is 1. The molecule has 2 radical (unpaired) electrons. The lowest BCUT2D eigenvalue weighted by atomic mass is 9.93. The number of H-pyrrole nitrogens is 1. The number of rotatable bonds is 2. The lowest BCUT2D eigenvalue weighted by Gasteiger charge is -2.02. The quantitative estimate of drug-likeness (QED) is 0.707. The van der Waals surface area contributed by atoms with E-state index in [0.29, 0.717) is 44.7 Å². The number of aliphatic imine (C=N–C) groups is 1. The van der Waals surface area contributed by atoms with Crippen LogP contribution < -0.4 is 5.46 Å². The molecule has 0 fully saturated rings. The molecule has 0 unspecified atom stereocenters. The van der Waals surface area contributed by atoms with Gasteiger partial charge in [0.15, 0.2) is 5.88 Å². The minimum absolute atomic E-state index is 0.131. The Morgan fingerprint density at radius 1 is 1.08 bits per heavy atom. The fourth-order valence-corrected chi connectivity index (χ4v) is 2.96. The SMILES string of the molecule is [B]c1ccc(C2=NC(=O)c3c(-c4cccc(C#N)c4)[nH]c(O)c32)cc1. The summed E-state index contributed by atoms with van der Waals surface area (Å²) in [5.74, 6) is -0.565. The van der Waals surface area contributed by atoms with Crippen LogP contribution in [0.25, 0.3) is 11.3 Å². The molecular weight excluding hydrogens is 313 g/mol. The fourth-order valence-electron chi connectivity index (χ4n) is 2.96. The van der Waals surface area contributed by atoms with Crippen molar-refractivity contribution in [2.45, 2.75) is 0 Å². The molecule has 1 amide bonds. The number of benzene rings is 2. The average Bonchev–Trinajstić information content (AvgIpc) is 3.15. The highest BCUT2D eigenvalue weighted by Gasteiger charge is 2.33. The second kappa shape index (κ2) is 5.50. The van der Waals surface area contributed by atoms with E-state index >= 15 is 0 Å². The summed E-state index contributed by atoms with van der Waals surface area (Å²) in [4.78, 5) is 19.4. The summed E-state index contributed by atoms with van der Waals surface area (Å²) < 4.78 is 0. The first-order valence-electron chi connectivity index (χ1n) is 7.53. The Kier molecular flexibility index (Phi) is 3.29. The van der Waals surface area contributed by atoms with Gasteiger partial charge in [-0.3, -0.25) is 4.79 Å². The number of nitrogens with zero attached hydrogens (tertiary/aromatic N) is 2. The molecular formula is C19H10BN3O2. The van der Waals surface area contributed by atoms with Crippen molar-refractivity contribution in [1.29, 1.82) is 5.26 Å². The maximum atomic E-state index is 12.5. The lowest BCUT2D eigenvalue weighted by molar-refractivity contribution is 0.101. The summed E-state index contributed by atoms with van der Waals surface area (Å²) in [6.07, 6.45) is 0. The largest absolute Gasteiger partial charge is 0.494 e. The van der Waals surface area contributed by atoms with Crippen molar-refractivity contribution in [2.75, 3.05) is 0 Å². The number of hydrogen-bond acceptors (Lipinski definition) is 3. The molecule has 0 aliphatic carbocycles. The first-order valence-corrected chi connectivity index (χ1v) is 7.53. The van der Waals surface area contributed by atoms with E-state index in [2.05, 4.69) is 16.0 Å². The van der Waals surface area contributed by atoms with Gasteiger partial charge in [-0.05, 0) is 12.1 Å². The summed E-state index contributed by atoms with van der Waals surface area (Å²) in [6.45, 7) is 0. The second-order valence-corrected chi connectivity index (χ2v) is 5.68. The molecule has 1 aliphatic rings. The van der Waals surface area contributed by atoms with Crippen molar-refractivity contribution in [3.63, 3.8) is 0 Å². The van der Waals surface area contributed by atoms with Crippen molar-refractivity contribution in [3.8, 4) is 23.2 Å². The molecule has 116 valence electrons. The van der Waals surface area contributed by atoms with Crippen LogP contribution in [0, 0.1) is 11.3 Å². The predicted octanol–water partition coefficient (Wildman–Crippen LogP) is 2.04. The Balaban J connectivity index is 1.88. The van der Waals surface area contributed by atoms with Gasteiger partial charge in [0.1, 0.15) is 7.85 Å². The van der Waals surface area contributed by atoms with Crippen LogP contribution in [0.15, 0.2) is 53.5 Å². The van der Waals surface area contributed by atoms with Crippen LogP contribution in [0.3, 0.4) is 0 Å². The smallest absolute Gasteiger partial charge is 0.280 e. The Bertz CT molecular complexity index is 1090. The summed E-state index contributed by atoms with van der Waals surface area (Å²) in [5, 5.41) is 19.4.